The lowest BCUT2D eigenvalue weighted by atomic mass is 9.83. The van der Waals surface area contributed by atoms with Crippen molar-refractivity contribution in [2.75, 3.05) is 5.32 Å². The Morgan fingerprint density at radius 3 is 2.10 bits per heavy atom. The smallest absolute Gasteiger partial charge is 0.234 e. The molecule has 1 atom stereocenters. The van der Waals surface area contributed by atoms with Crippen LogP contribution in [0.15, 0.2) is 18.2 Å². The summed E-state index contributed by atoms with van der Waals surface area (Å²) >= 11 is 0. The van der Waals surface area contributed by atoms with Crippen molar-refractivity contribution < 1.29 is 9.59 Å². The molecule has 0 spiro atoms. The van der Waals surface area contributed by atoms with Crippen molar-refractivity contribution in [3.63, 3.8) is 0 Å². The molecule has 0 aliphatic carbocycles. The van der Waals surface area contributed by atoms with E-state index in [1.54, 1.807) is 6.92 Å². The van der Waals surface area contributed by atoms with Gasteiger partial charge in [0.25, 0.3) is 0 Å². The number of hydrogen-bond acceptors (Lipinski definition) is 2. The quantitative estimate of drug-likeness (QED) is 0.832. The van der Waals surface area contributed by atoms with Crippen molar-refractivity contribution in [3.8, 4) is 0 Å². The Bertz CT molecular complexity index is 498. The van der Waals surface area contributed by atoms with Gasteiger partial charge in [-0.15, -0.1) is 0 Å². The molecule has 0 aromatic heterocycles. The third-order valence-corrected chi connectivity index (χ3v) is 3.18. The second-order valence-corrected chi connectivity index (χ2v) is 6.14. The van der Waals surface area contributed by atoms with Crippen LogP contribution in [0.5, 0.6) is 0 Å². The Morgan fingerprint density at radius 2 is 1.62 bits per heavy atom. The van der Waals surface area contributed by atoms with Crippen LogP contribution in [0.1, 0.15) is 52.7 Å². The number of aryl methyl sites for hydroxylation is 2. The molecule has 1 aromatic rings. The van der Waals surface area contributed by atoms with E-state index < -0.39 is 11.3 Å². The predicted octanol–water partition coefficient (Wildman–Crippen LogP) is 4.52. The maximum Gasteiger partial charge on any atom is 0.234 e. The van der Waals surface area contributed by atoms with Crippen molar-refractivity contribution >= 4 is 17.4 Å². The van der Waals surface area contributed by atoms with Gasteiger partial charge in [-0.3, -0.25) is 9.59 Å². The van der Waals surface area contributed by atoms with Gasteiger partial charge in [0.2, 0.25) is 5.91 Å². The van der Waals surface area contributed by atoms with E-state index in [1.165, 1.54) is 0 Å². The molecule has 0 bridgehead atoms. The highest BCUT2D eigenvalue weighted by atomic mass is 16.2. The zero-order chi connectivity index (χ0) is 16.8. The lowest BCUT2D eigenvalue weighted by Crippen LogP contribution is -2.35. The van der Waals surface area contributed by atoms with Crippen LogP contribution >= 0.6 is 0 Å². The molecule has 1 N–H and O–H groups in total. The first-order valence-electron chi connectivity index (χ1n) is 7.55. The first-order valence-corrected chi connectivity index (χ1v) is 7.55. The molecular formula is C18H29NO2. The Hall–Kier alpha value is -1.64. The van der Waals surface area contributed by atoms with Crippen LogP contribution in [0.25, 0.3) is 0 Å². The number of carbonyl (C=O) groups is 2. The minimum absolute atomic E-state index is 0.0460. The second kappa shape index (κ2) is 7.96. The molecule has 3 nitrogen and oxygen atoms in total. The van der Waals surface area contributed by atoms with Gasteiger partial charge >= 0.3 is 0 Å². The van der Waals surface area contributed by atoms with E-state index in [1.807, 2.05) is 66.7 Å². The van der Waals surface area contributed by atoms with Crippen molar-refractivity contribution in [3.05, 3.63) is 29.3 Å². The molecule has 0 saturated carbocycles. The van der Waals surface area contributed by atoms with E-state index in [9.17, 15) is 9.59 Å². The molecule has 0 heterocycles. The number of ketones is 1. The van der Waals surface area contributed by atoms with Gasteiger partial charge in [0.05, 0.1) is 5.92 Å². The molecule has 0 fully saturated rings. The number of Topliss-reactive ketones (excluding diaryl/α,β-unsaturated/α-hetero) is 1. The maximum absolute atomic E-state index is 12.1. The number of anilines is 1. The van der Waals surface area contributed by atoms with Gasteiger partial charge in [-0.25, -0.2) is 0 Å². The van der Waals surface area contributed by atoms with E-state index >= 15 is 0 Å². The summed E-state index contributed by atoms with van der Waals surface area (Å²) < 4.78 is 0. The Morgan fingerprint density at radius 1 is 1.10 bits per heavy atom. The van der Waals surface area contributed by atoms with Crippen molar-refractivity contribution in [1.29, 1.82) is 0 Å². The lowest BCUT2D eigenvalue weighted by molar-refractivity contribution is -0.135. The predicted molar refractivity (Wildman–Crippen MR) is 89.5 cm³/mol. The van der Waals surface area contributed by atoms with Crippen LogP contribution in [0.2, 0.25) is 0 Å². The molecule has 1 rings (SSSR count). The van der Waals surface area contributed by atoms with E-state index in [0.29, 0.717) is 0 Å². The molecule has 1 amide bonds. The highest BCUT2D eigenvalue weighted by Crippen LogP contribution is 2.22. The highest BCUT2D eigenvalue weighted by molar-refractivity contribution is 6.08. The van der Waals surface area contributed by atoms with Crippen LogP contribution < -0.4 is 5.32 Å². The van der Waals surface area contributed by atoms with Gasteiger partial charge in [-0.05, 0) is 38.0 Å². The second-order valence-electron chi connectivity index (χ2n) is 6.14. The number of benzene rings is 1. The van der Waals surface area contributed by atoms with Crippen LogP contribution in [0.3, 0.4) is 0 Å². The first kappa shape index (κ1) is 19.4. The fourth-order valence-electron chi connectivity index (χ4n) is 1.88. The molecule has 1 unspecified atom stereocenters. The zero-order valence-corrected chi connectivity index (χ0v) is 14.6. The molecular weight excluding hydrogens is 262 g/mol. The lowest BCUT2D eigenvalue weighted by Gasteiger charge is -2.21. The first-order chi connectivity index (χ1) is 9.62. The summed E-state index contributed by atoms with van der Waals surface area (Å²) in [5.74, 6) is -0.927. The van der Waals surface area contributed by atoms with Crippen molar-refractivity contribution in [2.24, 2.45) is 11.3 Å². The van der Waals surface area contributed by atoms with Gasteiger partial charge in [0.1, 0.15) is 5.78 Å². The van der Waals surface area contributed by atoms with Crippen LogP contribution in [0.4, 0.5) is 5.69 Å². The number of amides is 1. The Labute approximate surface area is 129 Å². The van der Waals surface area contributed by atoms with Gasteiger partial charge in [0.15, 0.2) is 0 Å². The third kappa shape index (κ3) is 5.70. The number of nitrogens with one attached hydrogen (secondary N) is 1. The summed E-state index contributed by atoms with van der Waals surface area (Å²) in [5, 5.41) is 2.84. The topological polar surface area (TPSA) is 46.2 Å². The summed E-state index contributed by atoms with van der Waals surface area (Å²) in [6, 6.07) is 5.87. The molecule has 1 aromatic carbocycles. The Balaban J connectivity index is 0.00000191. The van der Waals surface area contributed by atoms with Crippen molar-refractivity contribution in [1.82, 2.24) is 0 Å². The normalized spacial score (nSPS) is 12.0. The van der Waals surface area contributed by atoms with Crippen LogP contribution in [0, 0.1) is 25.2 Å². The van der Waals surface area contributed by atoms with E-state index in [2.05, 4.69) is 5.32 Å². The molecule has 0 aliphatic rings. The van der Waals surface area contributed by atoms with Crippen LogP contribution in [-0.4, -0.2) is 11.7 Å². The van der Waals surface area contributed by atoms with Gasteiger partial charge in [0, 0.05) is 11.1 Å². The SMILES string of the molecule is CC.Cc1ccc(C)c(NC(=O)C(C)C(=O)C(C)(C)C)c1. The number of rotatable bonds is 3. The third-order valence-electron chi connectivity index (χ3n) is 3.18. The van der Waals surface area contributed by atoms with Gasteiger partial charge in [-0.1, -0.05) is 46.8 Å². The molecule has 118 valence electrons. The monoisotopic (exact) mass is 291 g/mol. The van der Waals surface area contributed by atoms with E-state index in [4.69, 9.17) is 0 Å². The molecule has 21 heavy (non-hydrogen) atoms. The van der Waals surface area contributed by atoms with E-state index in [0.717, 1.165) is 16.8 Å². The fourth-order valence-corrected chi connectivity index (χ4v) is 1.88. The highest BCUT2D eigenvalue weighted by Gasteiger charge is 2.31. The Kier molecular flexibility index (Phi) is 7.34. The van der Waals surface area contributed by atoms with E-state index in [-0.39, 0.29) is 11.7 Å². The molecule has 3 heteroatoms. The summed E-state index contributed by atoms with van der Waals surface area (Å²) in [6.07, 6.45) is 0. The molecule has 0 aliphatic heterocycles. The molecule has 0 radical (unpaired) electrons. The van der Waals surface area contributed by atoms with Gasteiger partial charge in [-0.2, -0.15) is 0 Å². The number of hydrogen-bond donors (Lipinski definition) is 1. The standard InChI is InChI=1S/C16H23NO2.C2H6/c1-10-7-8-11(2)13(9-10)17-15(19)12(3)14(18)16(4,5)6;1-2/h7-9,12H,1-6H3,(H,17,19);1-2H3. The summed E-state index contributed by atoms with van der Waals surface area (Å²) in [7, 11) is 0. The largest absolute Gasteiger partial charge is 0.325 e. The number of carbonyl (C=O) groups excluding carboxylic acids is 2. The zero-order valence-electron chi connectivity index (χ0n) is 14.6. The maximum atomic E-state index is 12.1. The average Bonchev–Trinajstić information content (AvgIpc) is 2.42. The summed E-state index contributed by atoms with van der Waals surface area (Å²) in [5.41, 5.74) is 2.35. The van der Waals surface area contributed by atoms with Crippen molar-refractivity contribution in [2.45, 2.75) is 55.4 Å². The molecule has 0 saturated heterocycles. The minimum Gasteiger partial charge on any atom is -0.325 e. The summed E-state index contributed by atoms with van der Waals surface area (Å²) in [6.45, 7) is 15.1. The van der Waals surface area contributed by atoms with Gasteiger partial charge < -0.3 is 5.32 Å². The minimum atomic E-state index is -0.639. The summed E-state index contributed by atoms with van der Waals surface area (Å²) in [4.78, 5) is 24.2. The average molecular weight is 291 g/mol. The van der Waals surface area contributed by atoms with Crippen LogP contribution in [-0.2, 0) is 9.59 Å². The fraction of sp³-hybridized carbons (Fsp3) is 0.556.